The van der Waals surface area contributed by atoms with Crippen LogP contribution < -0.4 is 9.47 Å². The number of nitrogens with one attached hydrogen (secondary N) is 1. The molecule has 0 radical (unpaired) electrons. The van der Waals surface area contributed by atoms with Crippen LogP contribution in [0.5, 0.6) is 11.5 Å². The molecule has 0 saturated carbocycles. The van der Waals surface area contributed by atoms with Gasteiger partial charge in [0.25, 0.3) is 5.91 Å². The second-order valence-electron chi connectivity index (χ2n) is 9.24. The van der Waals surface area contributed by atoms with E-state index in [2.05, 4.69) is 15.2 Å². The molecule has 8 heteroatoms. The lowest BCUT2D eigenvalue weighted by atomic mass is 9.95. The maximum Gasteiger partial charge on any atom is 0.273 e. The summed E-state index contributed by atoms with van der Waals surface area (Å²) in [4.78, 5) is 19.7. The van der Waals surface area contributed by atoms with Crippen LogP contribution in [-0.2, 0) is 13.2 Å². The second kappa shape index (κ2) is 10.6. The molecule has 0 spiro atoms. The van der Waals surface area contributed by atoms with Crippen molar-refractivity contribution in [1.29, 1.82) is 0 Å². The predicted octanol–water partition coefficient (Wildman–Crippen LogP) is 6.46. The van der Waals surface area contributed by atoms with Gasteiger partial charge in [0, 0.05) is 35.1 Å². The third-order valence-electron chi connectivity index (χ3n) is 6.82. The minimum atomic E-state index is -0.401. The first-order valence-electron chi connectivity index (χ1n) is 12.5. The molecule has 0 bridgehead atoms. The number of carbonyl (C=O) groups excluding carboxylic acids is 1. The summed E-state index contributed by atoms with van der Waals surface area (Å²) in [6.07, 6.45) is 3.46. The average molecular weight is 537 g/mol. The third-order valence-corrected chi connectivity index (χ3v) is 7.08. The Morgan fingerprint density at radius 1 is 0.923 bits per heavy atom. The van der Waals surface area contributed by atoms with Gasteiger partial charge in [0.2, 0.25) is 0 Å². The van der Waals surface area contributed by atoms with Crippen LogP contribution in [0.25, 0.3) is 11.3 Å². The van der Waals surface area contributed by atoms with Crippen LogP contribution >= 0.6 is 11.6 Å². The quantitative estimate of drug-likeness (QED) is 0.246. The summed E-state index contributed by atoms with van der Waals surface area (Å²) >= 11 is 6.14. The number of pyridine rings is 1. The van der Waals surface area contributed by atoms with Crippen molar-refractivity contribution in [1.82, 2.24) is 20.1 Å². The molecular formula is C31H25ClN4O3. The van der Waals surface area contributed by atoms with E-state index in [9.17, 15) is 4.79 Å². The summed E-state index contributed by atoms with van der Waals surface area (Å²) in [7, 11) is 1.62. The van der Waals surface area contributed by atoms with Crippen molar-refractivity contribution in [3.05, 3.63) is 130 Å². The summed E-state index contributed by atoms with van der Waals surface area (Å²) in [5, 5.41) is 8.18. The second-order valence-corrected chi connectivity index (χ2v) is 9.68. The Hall–Kier alpha value is -4.62. The number of fused-ring (bicyclic) bond motifs is 1. The van der Waals surface area contributed by atoms with Gasteiger partial charge >= 0.3 is 0 Å². The highest BCUT2D eigenvalue weighted by Gasteiger charge is 2.42. The Morgan fingerprint density at radius 3 is 2.44 bits per heavy atom. The zero-order chi connectivity index (χ0) is 26.8. The molecule has 7 nitrogen and oxygen atoms in total. The molecular weight excluding hydrogens is 512 g/mol. The highest BCUT2D eigenvalue weighted by atomic mass is 35.5. The van der Waals surface area contributed by atoms with Gasteiger partial charge < -0.3 is 14.4 Å². The van der Waals surface area contributed by atoms with Crippen molar-refractivity contribution in [3.8, 4) is 22.8 Å². The van der Waals surface area contributed by atoms with Crippen molar-refractivity contribution in [2.45, 2.75) is 19.2 Å². The molecule has 5 aromatic rings. The molecule has 0 aliphatic carbocycles. The van der Waals surface area contributed by atoms with Gasteiger partial charge in [-0.2, -0.15) is 5.10 Å². The molecule has 0 saturated heterocycles. The van der Waals surface area contributed by atoms with E-state index in [4.69, 9.17) is 21.1 Å². The van der Waals surface area contributed by atoms with Crippen molar-refractivity contribution in [2.24, 2.45) is 0 Å². The molecule has 1 amide bonds. The van der Waals surface area contributed by atoms with E-state index in [1.165, 1.54) is 0 Å². The van der Waals surface area contributed by atoms with Crippen LogP contribution in [0, 0.1) is 0 Å². The van der Waals surface area contributed by atoms with E-state index in [1.54, 1.807) is 19.5 Å². The molecule has 1 aliphatic heterocycles. The van der Waals surface area contributed by atoms with E-state index in [-0.39, 0.29) is 5.91 Å². The molecule has 1 atom stereocenters. The monoisotopic (exact) mass is 536 g/mol. The van der Waals surface area contributed by atoms with Gasteiger partial charge in [-0.25, -0.2) is 0 Å². The molecule has 39 heavy (non-hydrogen) atoms. The zero-order valence-electron chi connectivity index (χ0n) is 21.2. The third kappa shape index (κ3) is 4.84. The van der Waals surface area contributed by atoms with Crippen LogP contribution in [0.2, 0.25) is 5.02 Å². The van der Waals surface area contributed by atoms with Crippen LogP contribution in [0.3, 0.4) is 0 Å². The molecule has 1 aliphatic rings. The Kier molecular flexibility index (Phi) is 6.73. The number of benzene rings is 3. The van der Waals surface area contributed by atoms with E-state index in [0.717, 1.165) is 27.8 Å². The van der Waals surface area contributed by atoms with E-state index in [0.29, 0.717) is 41.1 Å². The molecule has 2 aromatic heterocycles. The van der Waals surface area contributed by atoms with Crippen molar-refractivity contribution >= 4 is 17.5 Å². The maximum atomic E-state index is 13.7. The average Bonchev–Trinajstić information content (AvgIpc) is 3.52. The van der Waals surface area contributed by atoms with Crippen LogP contribution in [0.15, 0.2) is 97.3 Å². The first-order chi connectivity index (χ1) is 19.1. The fraction of sp³-hybridized carbons (Fsp3) is 0.129. The number of nitrogens with zero attached hydrogens (tertiary/aromatic N) is 3. The minimum Gasteiger partial charge on any atom is -0.493 e. The summed E-state index contributed by atoms with van der Waals surface area (Å²) in [6, 6.07) is 26.7. The SMILES string of the molecule is COc1cc(C2c3c(-c4ccc(Cl)cc4)n[nH]c3C(=O)N2Cc2ccncc2)ccc1OCc1ccccc1. The van der Waals surface area contributed by atoms with Crippen LogP contribution in [0.4, 0.5) is 0 Å². The normalized spacial score (nSPS) is 14.4. The van der Waals surface area contributed by atoms with E-state index < -0.39 is 6.04 Å². The van der Waals surface area contributed by atoms with Gasteiger partial charge in [0.15, 0.2) is 11.5 Å². The highest BCUT2D eigenvalue weighted by molar-refractivity contribution is 6.30. The lowest BCUT2D eigenvalue weighted by molar-refractivity contribution is 0.0729. The maximum absolute atomic E-state index is 13.7. The number of hydrogen-bond donors (Lipinski definition) is 1. The first kappa shape index (κ1) is 24.7. The topological polar surface area (TPSA) is 80.3 Å². The number of amides is 1. The van der Waals surface area contributed by atoms with E-state index in [1.807, 2.05) is 89.8 Å². The van der Waals surface area contributed by atoms with Gasteiger partial charge in [-0.3, -0.25) is 14.9 Å². The largest absolute Gasteiger partial charge is 0.493 e. The predicted molar refractivity (Wildman–Crippen MR) is 149 cm³/mol. The number of aromatic amines is 1. The van der Waals surface area contributed by atoms with Gasteiger partial charge in [0.1, 0.15) is 12.3 Å². The van der Waals surface area contributed by atoms with Crippen LogP contribution in [-0.4, -0.2) is 33.1 Å². The van der Waals surface area contributed by atoms with Crippen LogP contribution in [0.1, 0.15) is 38.8 Å². The molecule has 6 rings (SSSR count). The number of aromatic nitrogens is 3. The fourth-order valence-electron chi connectivity index (χ4n) is 4.93. The smallest absolute Gasteiger partial charge is 0.273 e. The molecule has 3 heterocycles. The zero-order valence-corrected chi connectivity index (χ0v) is 21.9. The van der Waals surface area contributed by atoms with Gasteiger partial charge in [-0.05, 0) is 53.1 Å². The lowest BCUT2D eigenvalue weighted by Gasteiger charge is -2.27. The minimum absolute atomic E-state index is 0.122. The summed E-state index contributed by atoms with van der Waals surface area (Å²) in [5.41, 5.74) is 5.79. The van der Waals surface area contributed by atoms with Gasteiger partial charge in [-0.1, -0.05) is 60.1 Å². The number of methoxy groups -OCH3 is 1. The summed E-state index contributed by atoms with van der Waals surface area (Å²) in [5.74, 6) is 1.09. The molecule has 3 aromatic carbocycles. The van der Waals surface area contributed by atoms with Gasteiger partial charge in [-0.15, -0.1) is 0 Å². The van der Waals surface area contributed by atoms with Crippen molar-refractivity contribution in [3.63, 3.8) is 0 Å². The Bertz CT molecular complexity index is 1600. The number of halogens is 1. The first-order valence-corrected chi connectivity index (χ1v) is 12.9. The molecule has 0 fully saturated rings. The van der Waals surface area contributed by atoms with E-state index >= 15 is 0 Å². The Morgan fingerprint density at radius 2 is 1.69 bits per heavy atom. The number of ether oxygens (including phenoxy) is 2. The number of rotatable bonds is 8. The molecule has 1 N–H and O–H groups in total. The standard InChI is InChI=1S/C31H25ClN4O3/c1-38-26-17-23(9-12-25(26)39-19-21-5-3-2-4-6-21)30-27-28(22-7-10-24(32)11-8-22)34-35-29(27)31(37)36(30)18-20-13-15-33-16-14-20/h2-17,30H,18-19H2,1H3,(H,34,35). The lowest BCUT2D eigenvalue weighted by Crippen LogP contribution is -2.29. The van der Waals surface area contributed by atoms with Gasteiger partial charge in [0.05, 0.1) is 18.8 Å². The number of hydrogen-bond acceptors (Lipinski definition) is 5. The molecule has 1 unspecified atom stereocenters. The fourth-order valence-corrected chi connectivity index (χ4v) is 5.05. The number of H-pyrrole nitrogens is 1. The highest BCUT2D eigenvalue weighted by Crippen LogP contribution is 2.45. The molecule has 194 valence electrons. The number of carbonyl (C=O) groups is 1. The summed E-state index contributed by atoms with van der Waals surface area (Å²) < 4.78 is 11.8. The Labute approximate surface area is 231 Å². The Balaban J connectivity index is 1.41. The van der Waals surface area contributed by atoms with Crippen molar-refractivity contribution < 1.29 is 14.3 Å². The van der Waals surface area contributed by atoms with Crippen molar-refractivity contribution in [2.75, 3.05) is 7.11 Å². The summed E-state index contributed by atoms with van der Waals surface area (Å²) in [6.45, 7) is 0.822.